The van der Waals surface area contributed by atoms with Gasteiger partial charge in [-0.1, -0.05) is 24.6 Å². The summed E-state index contributed by atoms with van der Waals surface area (Å²) < 4.78 is 0. The number of carboxylic acids is 1. The van der Waals surface area contributed by atoms with Crippen LogP contribution in [0.15, 0.2) is 30.3 Å². The minimum absolute atomic E-state index is 0.0857. The number of para-hydroxylation sites is 1. The lowest BCUT2D eigenvalue weighted by Crippen LogP contribution is -2.51. The van der Waals surface area contributed by atoms with E-state index in [1.165, 1.54) is 0 Å². The van der Waals surface area contributed by atoms with Gasteiger partial charge in [-0.2, -0.15) is 0 Å². The van der Waals surface area contributed by atoms with Crippen molar-refractivity contribution in [2.24, 2.45) is 17.8 Å². The number of aliphatic carboxylic acids is 1. The van der Waals surface area contributed by atoms with Crippen molar-refractivity contribution in [1.82, 2.24) is 9.80 Å². The summed E-state index contributed by atoms with van der Waals surface area (Å²) in [6.07, 6.45) is 4.40. The number of nitrogens with zero attached hydrogens (tertiary/aromatic N) is 2. The normalized spacial score (nSPS) is 29.4. The van der Waals surface area contributed by atoms with Gasteiger partial charge in [0.05, 0.1) is 5.92 Å². The van der Waals surface area contributed by atoms with E-state index in [0.29, 0.717) is 32.0 Å². The quantitative estimate of drug-likeness (QED) is 0.837. The number of hydrogen-bond donors (Lipinski definition) is 2. The van der Waals surface area contributed by atoms with Crippen molar-refractivity contribution in [3.8, 4) is 0 Å². The van der Waals surface area contributed by atoms with Crippen molar-refractivity contribution in [1.29, 1.82) is 0 Å². The Hall–Kier alpha value is -2.57. The van der Waals surface area contributed by atoms with Crippen LogP contribution < -0.4 is 5.32 Å². The maximum Gasteiger partial charge on any atom is 0.326 e. The van der Waals surface area contributed by atoms with Gasteiger partial charge in [-0.15, -0.1) is 0 Å². The molecule has 1 saturated carbocycles. The summed E-state index contributed by atoms with van der Waals surface area (Å²) in [5, 5.41) is 12.6. The molecule has 0 bridgehead atoms. The zero-order valence-corrected chi connectivity index (χ0v) is 15.9. The first-order valence-electron chi connectivity index (χ1n) is 10.2. The Bertz CT molecular complexity index is 753. The summed E-state index contributed by atoms with van der Waals surface area (Å²) in [4.78, 5) is 40.9. The number of carbonyl (C=O) groups is 3. The van der Waals surface area contributed by atoms with Crippen LogP contribution in [0.3, 0.4) is 0 Å². The van der Waals surface area contributed by atoms with Gasteiger partial charge in [-0.25, -0.2) is 9.59 Å². The van der Waals surface area contributed by atoms with Crippen LogP contribution in [0.25, 0.3) is 0 Å². The second kappa shape index (κ2) is 7.81. The van der Waals surface area contributed by atoms with Crippen LogP contribution in [0.5, 0.6) is 0 Å². The number of benzene rings is 1. The summed E-state index contributed by atoms with van der Waals surface area (Å²) in [5.41, 5.74) is 0.722. The van der Waals surface area contributed by atoms with Gasteiger partial charge < -0.3 is 20.2 Å². The van der Waals surface area contributed by atoms with Gasteiger partial charge in [0.25, 0.3) is 0 Å². The highest BCUT2D eigenvalue weighted by Gasteiger charge is 2.50. The number of nitrogens with one attached hydrogen (secondary N) is 1. The number of amides is 3. The van der Waals surface area contributed by atoms with E-state index in [1.54, 1.807) is 9.80 Å². The molecule has 3 aliphatic rings. The van der Waals surface area contributed by atoms with E-state index in [2.05, 4.69) is 5.32 Å². The van der Waals surface area contributed by atoms with Gasteiger partial charge >= 0.3 is 12.0 Å². The molecule has 0 radical (unpaired) electrons. The SMILES string of the molecule is O=C(O)C1C2CCCC2CN1C(=O)C1CCCN(C(=O)Nc2ccccc2)C1. The lowest BCUT2D eigenvalue weighted by atomic mass is 9.93. The molecule has 0 spiro atoms. The predicted octanol–water partition coefficient (Wildman–Crippen LogP) is 2.64. The third kappa shape index (κ3) is 3.57. The Balaban J connectivity index is 1.42. The Morgan fingerprint density at radius 3 is 2.54 bits per heavy atom. The second-order valence-corrected chi connectivity index (χ2v) is 8.21. The topological polar surface area (TPSA) is 90.0 Å². The first-order valence-corrected chi connectivity index (χ1v) is 10.2. The van der Waals surface area contributed by atoms with Crippen LogP contribution in [-0.2, 0) is 9.59 Å². The lowest BCUT2D eigenvalue weighted by molar-refractivity contribution is -0.151. The molecule has 1 aliphatic carbocycles. The van der Waals surface area contributed by atoms with Crippen molar-refractivity contribution in [3.05, 3.63) is 30.3 Å². The molecule has 4 rings (SSSR count). The van der Waals surface area contributed by atoms with E-state index in [0.717, 1.165) is 31.4 Å². The van der Waals surface area contributed by atoms with Gasteiger partial charge in [-0.05, 0) is 49.7 Å². The monoisotopic (exact) mass is 385 g/mol. The van der Waals surface area contributed by atoms with Gasteiger partial charge in [0.1, 0.15) is 6.04 Å². The Morgan fingerprint density at radius 2 is 1.79 bits per heavy atom. The Labute approximate surface area is 164 Å². The molecule has 2 N–H and O–H groups in total. The molecular formula is C21H27N3O4. The largest absolute Gasteiger partial charge is 0.480 e. The van der Waals surface area contributed by atoms with E-state index in [-0.39, 0.29) is 23.8 Å². The number of carboxylic acid groups (broad SMARTS) is 1. The highest BCUT2D eigenvalue weighted by Crippen LogP contribution is 2.43. The number of fused-ring (bicyclic) bond motifs is 1. The molecule has 28 heavy (non-hydrogen) atoms. The highest BCUT2D eigenvalue weighted by molar-refractivity contribution is 5.90. The maximum absolute atomic E-state index is 13.2. The van der Waals surface area contributed by atoms with Gasteiger partial charge in [-0.3, -0.25) is 4.79 Å². The van der Waals surface area contributed by atoms with Crippen LogP contribution in [0.1, 0.15) is 32.1 Å². The molecule has 1 aromatic carbocycles. The van der Waals surface area contributed by atoms with E-state index < -0.39 is 12.0 Å². The van der Waals surface area contributed by atoms with Crippen LogP contribution in [0.2, 0.25) is 0 Å². The number of piperidine rings is 1. The smallest absolute Gasteiger partial charge is 0.326 e. The van der Waals surface area contributed by atoms with E-state index in [9.17, 15) is 19.5 Å². The molecule has 2 aliphatic heterocycles. The second-order valence-electron chi connectivity index (χ2n) is 8.21. The molecule has 4 atom stereocenters. The van der Waals surface area contributed by atoms with Crippen LogP contribution >= 0.6 is 0 Å². The third-order valence-corrected chi connectivity index (χ3v) is 6.51. The number of hydrogen-bond acceptors (Lipinski definition) is 3. The highest BCUT2D eigenvalue weighted by atomic mass is 16.4. The molecular weight excluding hydrogens is 358 g/mol. The Kier molecular flexibility index (Phi) is 5.24. The zero-order chi connectivity index (χ0) is 19.7. The number of likely N-dealkylation sites (tertiary alicyclic amines) is 2. The van der Waals surface area contributed by atoms with Crippen LogP contribution in [0.4, 0.5) is 10.5 Å². The predicted molar refractivity (Wildman–Crippen MR) is 104 cm³/mol. The average Bonchev–Trinajstić information content (AvgIpc) is 3.29. The van der Waals surface area contributed by atoms with Crippen LogP contribution in [-0.4, -0.2) is 58.5 Å². The molecule has 7 nitrogen and oxygen atoms in total. The summed E-state index contributed by atoms with van der Waals surface area (Å²) in [6, 6.07) is 8.33. The molecule has 150 valence electrons. The number of rotatable bonds is 3. The molecule has 7 heteroatoms. The third-order valence-electron chi connectivity index (χ3n) is 6.51. The maximum atomic E-state index is 13.2. The Morgan fingerprint density at radius 1 is 1.00 bits per heavy atom. The molecule has 0 aromatic heterocycles. The van der Waals surface area contributed by atoms with E-state index in [4.69, 9.17) is 0 Å². The first-order chi connectivity index (χ1) is 13.5. The number of urea groups is 1. The molecule has 2 saturated heterocycles. The summed E-state index contributed by atoms with van der Waals surface area (Å²) >= 11 is 0. The van der Waals surface area contributed by atoms with E-state index in [1.807, 2.05) is 30.3 Å². The molecule has 2 heterocycles. The van der Waals surface area contributed by atoms with Crippen molar-refractivity contribution >= 4 is 23.6 Å². The fourth-order valence-corrected chi connectivity index (χ4v) is 5.17. The van der Waals surface area contributed by atoms with Crippen molar-refractivity contribution in [3.63, 3.8) is 0 Å². The summed E-state index contributed by atoms with van der Waals surface area (Å²) in [6.45, 7) is 1.50. The van der Waals surface area contributed by atoms with Crippen molar-refractivity contribution < 1.29 is 19.5 Å². The standard InChI is InChI=1S/C21H27N3O4/c25-19(24-13-14-6-4-10-17(14)18(24)20(26)27)15-7-5-11-23(12-15)21(28)22-16-8-2-1-3-9-16/h1-3,8-9,14-15,17-18H,4-7,10-13H2,(H,22,28)(H,26,27). The summed E-state index contributed by atoms with van der Waals surface area (Å²) in [5.74, 6) is -0.916. The average molecular weight is 385 g/mol. The van der Waals surface area contributed by atoms with Gasteiger partial charge in [0.2, 0.25) is 5.91 Å². The lowest BCUT2D eigenvalue weighted by Gasteiger charge is -2.35. The molecule has 4 unspecified atom stereocenters. The minimum Gasteiger partial charge on any atom is -0.480 e. The van der Waals surface area contributed by atoms with Gasteiger partial charge in [0.15, 0.2) is 0 Å². The van der Waals surface area contributed by atoms with Gasteiger partial charge in [0, 0.05) is 25.3 Å². The molecule has 3 amide bonds. The van der Waals surface area contributed by atoms with Crippen molar-refractivity contribution in [2.75, 3.05) is 25.0 Å². The molecule has 1 aromatic rings. The van der Waals surface area contributed by atoms with Crippen molar-refractivity contribution in [2.45, 2.75) is 38.1 Å². The number of carbonyl (C=O) groups excluding carboxylic acids is 2. The number of anilines is 1. The summed E-state index contributed by atoms with van der Waals surface area (Å²) in [7, 11) is 0. The van der Waals surface area contributed by atoms with E-state index >= 15 is 0 Å². The fourth-order valence-electron chi connectivity index (χ4n) is 5.17. The minimum atomic E-state index is -0.891. The van der Waals surface area contributed by atoms with Crippen LogP contribution in [0, 0.1) is 17.8 Å². The zero-order valence-electron chi connectivity index (χ0n) is 15.9. The first kappa shape index (κ1) is 18.8. The fraction of sp³-hybridized carbons (Fsp3) is 0.571. The molecule has 3 fully saturated rings.